The fourth-order valence-electron chi connectivity index (χ4n) is 1.62. The van der Waals surface area contributed by atoms with E-state index in [2.05, 4.69) is 15.8 Å². The van der Waals surface area contributed by atoms with Crippen molar-refractivity contribution in [2.24, 2.45) is 10.9 Å². The van der Waals surface area contributed by atoms with E-state index in [0.717, 1.165) is 12.8 Å². The second-order valence-corrected chi connectivity index (χ2v) is 4.15. The van der Waals surface area contributed by atoms with E-state index in [4.69, 9.17) is 10.9 Å². The quantitative estimate of drug-likeness (QED) is 0.242. The van der Waals surface area contributed by atoms with Gasteiger partial charge in [0.25, 0.3) is 0 Å². The zero-order valence-electron chi connectivity index (χ0n) is 9.79. The van der Waals surface area contributed by atoms with Gasteiger partial charge in [-0.2, -0.15) is 0 Å². The van der Waals surface area contributed by atoms with Gasteiger partial charge >= 0.3 is 6.03 Å². The van der Waals surface area contributed by atoms with Crippen LogP contribution >= 0.6 is 0 Å². The Morgan fingerprint density at radius 3 is 2.44 bits per heavy atom. The molecule has 1 fully saturated rings. The van der Waals surface area contributed by atoms with Crippen molar-refractivity contribution in [2.45, 2.75) is 51.1 Å². The van der Waals surface area contributed by atoms with E-state index in [1.54, 1.807) is 0 Å². The van der Waals surface area contributed by atoms with Crippen molar-refractivity contribution in [3.8, 4) is 0 Å². The second kappa shape index (κ2) is 5.05. The number of nitrogens with zero attached hydrogens (tertiary/aromatic N) is 1. The second-order valence-electron chi connectivity index (χ2n) is 4.15. The molecule has 6 nitrogen and oxygen atoms in total. The first-order valence-corrected chi connectivity index (χ1v) is 5.64. The number of rotatable bonds is 5. The summed E-state index contributed by atoms with van der Waals surface area (Å²) in [4.78, 5) is 11.6. The number of urea groups is 1. The summed E-state index contributed by atoms with van der Waals surface area (Å²) in [6, 6.07) is 0.0384. The molecule has 5 N–H and O–H groups in total. The summed E-state index contributed by atoms with van der Waals surface area (Å²) < 4.78 is 0. The lowest BCUT2D eigenvalue weighted by molar-refractivity contribution is 0.229. The van der Waals surface area contributed by atoms with Gasteiger partial charge in [-0.25, -0.2) is 4.79 Å². The third kappa shape index (κ3) is 2.77. The van der Waals surface area contributed by atoms with Crippen LogP contribution in [0, 0.1) is 0 Å². The third-order valence-electron chi connectivity index (χ3n) is 3.07. The molecule has 0 radical (unpaired) electrons. The predicted molar refractivity (Wildman–Crippen MR) is 61.4 cm³/mol. The zero-order chi connectivity index (χ0) is 12.2. The van der Waals surface area contributed by atoms with Crippen LogP contribution in [0.15, 0.2) is 5.16 Å². The van der Waals surface area contributed by atoms with Crippen LogP contribution in [0.5, 0.6) is 0 Å². The van der Waals surface area contributed by atoms with Crippen molar-refractivity contribution in [3.63, 3.8) is 0 Å². The molecule has 0 spiro atoms. The zero-order valence-corrected chi connectivity index (χ0v) is 9.79. The van der Waals surface area contributed by atoms with Gasteiger partial charge in [0.05, 0.1) is 0 Å². The van der Waals surface area contributed by atoms with Gasteiger partial charge in [-0.15, -0.1) is 0 Å². The first-order valence-electron chi connectivity index (χ1n) is 5.64. The van der Waals surface area contributed by atoms with Gasteiger partial charge in [0.2, 0.25) is 0 Å². The topological polar surface area (TPSA) is 99.7 Å². The molecule has 0 atom stereocenters. The van der Waals surface area contributed by atoms with E-state index in [9.17, 15) is 4.79 Å². The van der Waals surface area contributed by atoms with Crippen LogP contribution in [0.3, 0.4) is 0 Å². The highest BCUT2D eigenvalue weighted by molar-refractivity contribution is 5.93. The molecular formula is C10H20N4O2. The lowest BCUT2D eigenvalue weighted by Crippen LogP contribution is -2.59. The van der Waals surface area contributed by atoms with Crippen molar-refractivity contribution in [1.29, 1.82) is 0 Å². The number of carbonyl (C=O) groups excluding carboxylic acids is 1. The van der Waals surface area contributed by atoms with Crippen molar-refractivity contribution in [1.82, 2.24) is 10.6 Å². The van der Waals surface area contributed by atoms with Gasteiger partial charge in [0.15, 0.2) is 5.84 Å². The summed E-state index contributed by atoms with van der Waals surface area (Å²) in [7, 11) is 0. The minimum Gasteiger partial charge on any atom is -0.409 e. The Hall–Kier alpha value is -1.46. The summed E-state index contributed by atoms with van der Waals surface area (Å²) in [5.41, 5.74) is 4.87. The fourth-order valence-corrected chi connectivity index (χ4v) is 1.62. The largest absolute Gasteiger partial charge is 0.409 e. The Labute approximate surface area is 95.3 Å². The monoisotopic (exact) mass is 228 g/mol. The highest BCUT2D eigenvalue weighted by atomic mass is 16.4. The highest BCUT2D eigenvalue weighted by Gasteiger charge is 2.34. The van der Waals surface area contributed by atoms with E-state index in [1.807, 2.05) is 13.8 Å². The van der Waals surface area contributed by atoms with Crippen molar-refractivity contribution in [3.05, 3.63) is 0 Å². The van der Waals surface area contributed by atoms with E-state index in [1.165, 1.54) is 0 Å². The number of oxime groups is 1. The molecule has 92 valence electrons. The summed E-state index contributed by atoms with van der Waals surface area (Å²) in [6.45, 7) is 3.78. The van der Waals surface area contributed by atoms with E-state index in [0.29, 0.717) is 18.9 Å². The fraction of sp³-hybridized carbons (Fsp3) is 0.800. The minimum absolute atomic E-state index is 0.0449. The van der Waals surface area contributed by atoms with Crippen LogP contribution in [0.25, 0.3) is 0 Å². The Balaban J connectivity index is 2.64. The van der Waals surface area contributed by atoms with Crippen LogP contribution in [-0.2, 0) is 0 Å². The Morgan fingerprint density at radius 1 is 1.50 bits per heavy atom. The SMILES string of the molecule is CCC(CC)(NC(=O)NC1CC1)C(N)=NO. The molecule has 0 bridgehead atoms. The van der Waals surface area contributed by atoms with E-state index in [-0.39, 0.29) is 11.9 Å². The standard InChI is InChI=1S/C10H20N4O2/c1-3-10(4-2,8(11)14-16)13-9(15)12-7-5-6-7/h7,16H,3-6H2,1-2H3,(H2,11,14)(H2,12,13,15). The Morgan fingerprint density at radius 2 is 2.06 bits per heavy atom. The molecule has 1 aliphatic rings. The van der Waals surface area contributed by atoms with Crippen LogP contribution in [-0.4, -0.2) is 28.7 Å². The molecule has 0 saturated heterocycles. The van der Waals surface area contributed by atoms with Crippen molar-refractivity contribution < 1.29 is 10.0 Å². The first-order chi connectivity index (χ1) is 7.57. The number of carbonyl (C=O) groups is 1. The van der Waals surface area contributed by atoms with Crippen molar-refractivity contribution >= 4 is 11.9 Å². The summed E-state index contributed by atoms with van der Waals surface area (Å²) >= 11 is 0. The molecule has 0 unspecified atom stereocenters. The number of nitrogens with one attached hydrogen (secondary N) is 2. The molecule has 1 saturated carbocycles. The summed E-state index contributed by atoms with van der Waals surface area (Å²) in [6.07, 6.45) is 3.22. The molecule has 0 aromatic heterocycles. The lowest BCUT2D eigenvalue weighted by atomic mass is 9.91. The van der Waals surface area contributed by atoms with Crippen LogP contribution in [0.4, 0.5) is 4.79 Å². The predicted octanol–water partition coefficient (Wildman–Crippen LogP) is 0.753. The Kier molecular flexibility index (Phi) is 3.98. The number of amides is 2. The normalized spacial score (nSPS) is 17.0. The Bertz CT molecular complexity index is 283. The first kappa shape index (κ1) is 12.6. The molecule has 0 aromatic carbocycles. The van der Waals surface area contributed by atoms with Gasteiger partial charge < -0.3 is 21.6 Å². The highest BCUT2D eigenvalue weighted by Crippen LogP contribution is 2.19. The number of hydrogen-bond donors (Lipinski definition) is 4. The molecule has 2 amide bonds. The van der Waals surface area contributed by atoms with Gasteiger partial charge in [-0.05, 0) is 25.7 Å². The average Bonchev–Trinajstić information content (AvgIpc) is 3.08. The molecule has 0 aromatic rings. The molecule has 6 heteroatoms. The van der Waals surface area contributed by atoms with E-state index >= 15 is 0 Å². The van der Waals surface area contributed by atoms with E-state index < -0.39 is 5.54 Å². The van der Waals surface area contributed by atoms with Gasteiger partial charge in [-0.1, -0.05) is 19.0 Å². The van der Waals surface area contributed by atoms with Gasteiger partial charge in [0, 0.05) is 6.04 Å². The number of nitrogens with two attached hydrogens (primary N) is 1. The summed E-state index contributed by atoms with van der Waals surface area (Å²) in [5.74, 6) is 0.0449. The molecule has 16 heavy (non-hydrogen) atoms. The molecule has 0 heterocycles. The summed E-state index contributed by atoms with van der Waals surface area (Å²) in [5, 5.41) is 17.3. The number of amidine groups is 1. The smallest absolute Gasteiger partial charge is 0.315 e. The third-order valence-corrected chi connectivity index (χ3v) is 3.07. The minimum atomic E-state index is -0.756. The van der Waals surface area contributed by atoms with Gasteiger partial charge in [0.1, 0.15) is 5.54 Å². The molecule has 1 rings (SSSR count). The average molecular weight is 228 g/mol. The van der Waals surface area contributed by atoms with Crippen LogP contribution in [0.2, 0.25) is 0 Å². The van der Waals surface area contributed by atoms with Crippen molar-refractivity contribution in [2.75, 3.05) is 0 Å². The number of hydrogen-bond acceptors (Lipinski definition) is 3. The van der Waals surface area contributed by atoms with Gasteiger partial charge in [-0.3, -0.25) is 0 Å². The lowest BCUT2D eigenvalue weighted by Gasteiger charge is -2.31. The molecule has 1 aliphatic carbocycles. The van der Waals surface area contributed by atoms with Crippen LogP contribution in [0.1, 0.15) is 39.5 Å². The maximum Gasteiger partial charge on any atom is 0.315 e. The maximum atomic E-state index is 11.6. The molecular weight excluding hydrogens is 208 g/mol. The van der Waals surface area contributed by atoms with Crippen LogP contribution < -0.4 is 16.4 Å². The maximum absolute atomic E-state index is 11.6. The molecule has 0 aliphatic heterocycles.